The number of aromatic nitrogens is 2. The highest BCUT2D eigenvalue weighted by molar-refractivity contribution is 4.97. The molecular weight excluding hydrogens is 156 g/mol. The van der Waals surface area contributed by atoms with Crippen molar-refractivity contribution >= 4 is 0 Å². The van der Waals surface area contributed by atoms with E-state index in [4.69, 9.17) is 4.52 Å². The van der Waals surface area contributed by atoms with E-state index in [0.29, 0.717) is 11.7 Å². The van der Waals surface area contributed by atoms with Crippen LogP contribution in [0.25, 0.3) is 0 Å². The Hall–Kier alpha value is -0.900. The van der Waals surface area contributed by atoms with Gasteiger partial charge in [0.2, 0.25) is 11.7 Å². The average Bonchev–Trinajstić information content (AvgIpc) is 2.30. The summed E-state index contributed by atoms with van der Waals surface area (Å²) < 4.78 is 4.93. The lowest BCUT2D eigenvalue weighted by Gasteiger charge is -2.09. The van der Waals surface area contributed by atoms with E-state index in [1.165, 1.54) is 0 Å². The lowest BCUT2D eigenvalue weighted by Crippen LogP contribution is -2.17. The minimum Gasteiger partial charge on any atom is -0.382 e. The molecule has 0 aliphatic carbocycles. The monoisotopic (exact) mass is 170 g/mol. The van der Waals surface area contributed by atoms with Crippen LogP contribution >= 0.6 is 0 Å². The van der Waals surface area contributed by atoms with Crippen molar-refractivity contribution in [1.29, 1.82) is 0 Å². The highest BCUT2D eigenvalue weighted by Crippen LogP contribution is 2.18. The SMILES string of the molecule is CC(C)c1nc(C(C)(C)O)no1. The van der Waals surface area contributed by atoms with E-state index in [-0.39, 0.29) is 5.92 Å². The fourth-order valence-corrected chi connectivity index (χ4v) is 0.718. The molecule has 1 aromatic heterocycles. The smallest absolute Gasteiger partial charge is 0.229 e. The Morgan fingerprint density at radius 1 is 1.42 bits per heavy atom. The Morgan fingerprint density at radius 3 is 2.25 bits per heavy atom. The molecule has 68 valence electrons. The summed E-state index contributed by atoms with van der Waals surface area (Å²) in [6.07, 6.45) is 0. The molecule has 0 fully saturated rings. The van der Waals surface area contributed by atoms with Gasteiger partial charge in [-0.2, -0.15) is 4.98 Å². The molecule has 0 bridgehead atoms. The second-order valence-corrected chi connectivity index (χ2v) is 3.67. The third-order valence-corrected chi connectivity index (χ3v) is 1.48. The minimum absolute atomic E-state index is 0.202. The molecule has 0 aliphatic heterocycles. The summed E-state index contributed by atoms with van der Waals surface area (Å²) in [6, 6.07) is 0. The zero-order valence-corrected chi connectivity index (χ0v) is 7.83. The van der Waals surface area contributed by atoms with Gasteiger partial charge in [-0.1, -0.05) is 19.0 Å². The largest absolute Gasteiger partial charge is 0.382 e. The third kappa shape index (κ3) is 1.82. The predicted molar refractivity (Wildman–Crippen MR) is 43.6 cm³/mol. The van der Waals surface area contributed by atoms with E-state index in [0.717, 1.165) is 0 Å². The van der Waals surface area contributed by atoms with Gasteiger partial charge in [-0.05, 0) is 13.8 Å². The molecular formula is C8H14N2O2. The van der Waals surface area contributed by atoms with E-state index < -0.39 is 5.60 Å². The summed E-state index contributed by atoms with van der Waals surface area (Å²) in [5.74, 6) is 1.10. The van der Waals surface area contributed by atoms with Gasteiger partial charge in [0.1, 0.15) is 5.60 Å². The quantitative estimate of drug-likeness (QED) is 0.729. The molecule has 0 radical (unpaired) electrons. The number of hydrogen-bond donors (Lipinski definition) is 1. The van der Waals surface area contributed by atoms with Gasteiger partial charge in [0, 0.05) is 5.92 Å². The van der Waals surface area contributed by atoms with Crippen molar-refractivity contribution in [3.05, 3.63) is 11.7 Å². The first-order valence-electron chi connectivity index (χ1n) is 3.97. The molecule has 0 atom stereocenters. The van der Waals surface area contributed by atoms with Crippen molar-refractivity contribution in [2.75, 3.05) is 0 Å². The van der Waals surface area contributed by atoms with E-state index in [9.17, 15) is 5.11 Å². The first-order valence-corrected chi connectivity index (χ1v) is 3.97. The molecule has 0 saturated carbocycles. The first-order chi connectivity index (χ1) is 5.41. The topological polar surface area (TPSA) is 59.2 Å². The molecule has 12 heavy (non-hydrogen) atoms. The van der Waals surface area contributed by atoms with Gasteiger partial charge in [0.15, 0.2) is 0 Å². The molecule has 1 N–H and O–H groups in total. The Bertz CT molecular complexity index is 260. The van der Waals surface area contributed by atoms with Crippen LogP contribution in [0.15, 0.2) is 4.52 Å². The van der Waals surface area contributed by atoms with Gasteiger partial charge >= 0.3 is 0 Å². The van der Waals surface area contributed by atoms with E-state index >= 15 is 0 Å². The zero-order valence-electron chi connectivity index (χ0n) is 7.83. The lowest BCUT2D eigenvalue weighted by molar-refractivity contribution is 0.0661. The van der Waals surface area contributed by atoms with Crippen molar-refractivity contribution in [3.63, 3.8) is 0 Å². The second-order valence-electron chi connectivity index (χ2n) is 3.67. The van der Waals surface area contributed by atoms with Crippen molar-refractivity contribution < 1.29 is 9.63 Å². The van der Waals surface area contributed by atoms with Gasteiger partial charge in [-0.15, -0.1) is 0 Å². The van der Waals surface area contributed by atoms with Gasteiger partial charge in [0.25, 0.3) is 0 Å². The number of nitrogens with zero attached hydrogens (tertiary/aromatic N) is 2. The third-order valence-electron chi connectivity index (χ3n) is 1.48. The van der Waals surface area contributed by atoms with Gasteiger partial charge in [-0.3, -0.25) is 0 Å². The minimum atomic E-state index is -1.02. The van der Waals surface area contributed by atoms with Crippen LogP contribution in [0.5, 0.6) is 0 Å². The maximum absolute atomic E-state index is 9.50. The fourth-order valence-electron chi connectivity index (χ4n) is 0.718. The molecule has 4 nitrogen and oxygen atoms in total. The number of aliphatic hydroxyl groups is 1. The van der Waals surface area contributed by atoms with Crippen LogP contribution in [-0.2, 0) is 5.60 Å². The van der Waals surface area contributed by atoms with E-state index in [1.54, 1.807) is 13.8 Å². The highest BCUT2D eigenvalue weighted by atomic mass is 16.5. The molecule has 0 unspecified atom stereocenters. The molecule has 4 heteroatoms. The van der Waals surface area contributed by atoms with Crippen LogP contribution in [-0.4, -0.2) is 15.2 Å². The standard InChI is InChI=1S/C8H14N2O2/c1-5(2)6-9-7(10-12-6)8(3,4)11/h5,11H,1-4H3. The Morgan fingerprint density at radius 2 is 2.00 bits per heavy atom. The summed E-state index contributed by atoms with van der Waals surface area (Å²) in [4.78, 5) is 4.05. The summed E-state index contributed by atoms with van der Waals surface area (Å²) in [5.41, 5.74) is -1.02. The first kappa shape index (κ1) is 9.19. The van der Waals surface area contributed by atoms with Crippen molar-refractivity contribution in [2.24, 2.45) is 0 Å². The van der Waals surface area contributed by atoms with Gasteiger partial charge < -0.3 is 9.63 Å². The second kappa shape index (κ2) is 2.86. The molecule has 0 spiro atoms. The zero-order chi connectivity index (χ0) is 9.35. The highest BCUT2D eigenvalue weighted by Gasteiger charge is 2.23. The number of rotatable bonds is 2. The normalized spacial score (nSPS) is 12.5. The summed E-state index contributed by atoms with van der Waals surface area (Å²) in [6.45, 7) is 7.17. The molecule has 0 aromatic carbocycles. The van der Waals surface area contributed by atoms with Crippen LogP contribution in [0, 0.1) is 0 Å². The van der Waals surface area contributed by atoms with Gasteiger partial charge in [-0.25, -0.2) is 0 Å². The predicted octanol–water partition coefficient (Wildman–Crippen LogP) is 1.42. The van der Waals surface area contributed by atoms with Crippen LogP contribution < -0.4 is 0 Å². The average molecular weight is 170 g/mol. The van der Waals surface area contributed by atoms with Crippen LogP contribution in [0.4, 0.5) is 0 Å². The van der Waals surface area contributed by atoms with E-state index in [1.807, 2.05) is 13.8 Å². The van der Waals surface area contributed by atoms with Gasteiger partial charge in [0.05, 0.1) is 0 Å². The summed E-state index contributed by atoms with van der Waals surface area (Å²) in [5, 5.41) is 13.2. The van der Waals surface area contributed by atoms with E-state index in [2.05, 4.69) is 10.1 Å². The molecule has 0 saturated heterocycles. The Kier molecular flexibility index (Phi) is 2.19. The van der Waals surface area contributed by atoms with Crippen LogP contribution in [0.3, 0.4) is 0 Å². The molecule has 1 heterocycles. The van der Waals surface area contributed by atoms with Crippen molar-refractivity contribution in [3.8, 4) is 0 Å². The summed E-state index contributed by atoms with van der Waals surface area (Å²) >= 11 is 0. The molecule has 1 aromatic rings. The van der Waals surface area contributed by atoms with Crippen LogP contribution in [0.1, 0.15) is 45.3 Å². The van der Waals surface area contributed by atoms with Crippen LogP contribution in [0.2, 0.25) is 0 Å². The lowest BCUT2D eigenvalue weighted by atomic mass is 10.1. The molecule has 0 amide bonds. The Balaban J connectivity index is 2.92. The number of hydrogen-bond acceptors (Lipinski definition) is 4. The molecule has 0 aliphatic rings. The Labute approximate surface area is 71.6 Å². The maximum atomic E-state index is 9.50. The fraction of sp³-hybridized carbons (Fsp3) is 0.750. The molecule has 1 rings (SSSR count). The van der Waals surface area contributed by atoms with Crippen molar-refractivity contribution in [1.82, 2.24) is 10.1 Å². The summed E-state index contributed by atoms with van der Waals surface area (Å²) in [7, 11) is 0. The van der Waals surface area contributed by atoms with Crippen molar-refractivity contribution in [2.45, 2.75) is 39.2 Å². The maximum Gasteiger partial charge on any atom is 0.229 e.